The van der Waals surface area contributed by atoms with Gasteiger partial charge in [-0.05, 0) is 42.0 Å². The minimum Gasteiger partial charge on any atom is -0.490 e. The number of hydrogen-bond acceptors (Lipinski definition) is 3. The molecule has 0 unspecified atom stereocenters. The van der Waals surface area contributed by atoms with E-state index in [0.717, 1.165) is 11.3 Å². The number of hydrogen-bond donors (Lipinski definition) is 1. The summed E-state index contributed by atoms with van der Waals surface area (Å²) in [5, 5.41) is 2.89. The second-order valence-electron chi connectivity index (χ2n) is 5.85. The van der Waals surface area contributed by atoms with E-state index in [-0.39, 0.29) is 5.91 Å². The first-order valence-corrected chi connectivity index (χ1v) is 8.67. The van der Waals surface area contributed by atoms with Crippen LogP contribution in [0.15, 0.2) is 91.5 Å². The van der Waals surface area contributed by atoms with Crippen LogP contribution in [0.5, 0.6) is 11.5 Å². The zero-order valence-electron chi connectivity index (χ0n) is 14.9. The summed E-state index contributed by atoms with van der Waals surface area (Å²) >= 11 is 0. The van der Waals surface area contributed by atoms with Gasteiger partial charge in [-0.25, -0.2) is 0 Å². The Labute approximate surface area is 159 Å². The first-order chi connectivity index (χ1) is 13.3. The van der Waals surface area contributed by atoms with E-state index in [1.54, 1.807) is 42.5 Å². The fourth-order valence-electron chi connectivity index (χ4n) is 2.50. The minimum atomic E-state index is -0.224. The summed E-state index contributed by atoms with van der Waals surface area (Å²) in [6.45, 7) is 4.46. The molecule has 0 radical (unpaired) electrons. The van der Waals surface area contributed by atoms with Crippen molar-refractivity contribution in [1.29, 1.82) is 0 Å². The van der Waals surface area contributed by atoms with E-state index >= 15 is 0 Å². The summed E-state index contributed by atoms with van der Waals surface area (Å²) in [5.41, 5.74) is 2.21. The molecule has 0 fully saturated rings. The van der Waals surface area contributed by atoms with Gasteiger partial charge in [-0.15, -0.1) is 0 Å². The lowest BCUT2D eigenvalue weighted by Crippen LogP contribution is -2.13. The molecule has 4 heteroatoms. The van der Waals surface area contributed by atoms with Gasteiger partial charge in [0, 0.05) is 5.69 Å². The van der Waals surface area contributed by atoms with Crippen molar-refractivity contribution in [1.82, 2.24) is 0 Å². The van der Waals surface area contributed by atoms with E-state index in [4.69, 9.17) is 9.47 Å². The molecule has 1 N–H and O–H groups in total. The maximum absolute atomic E-state index is 12.7. The molecule has 3 aromatic rings. The monoisotopic (exact) mass is 359 g/mol. The van der Waals surface area contributed by atoms with Crippen molar-refractivity contribution >= 4 is 11.6 Å². The Morgan fingerprint density at radius 2 is 1.59 bits per heavy atom. The molecule has 0 aliphatic carbocycles. The van der Waals surface area contributed by atoms with Crippen molar-refractivity contribution in [3.63, 3.8) is 0 Å². The highest BCUT2D eigenvalue weighted by Gasteiger charge is 2.12. The summed E-state index contributed by atoms with van der Waals surface area (Å²) < 4.78 is 11.3. The predicted molar refractivity (Wildman–Crippen MR) is 107 cm³/mol. The van der Waals surface area contributed by atoms with E-state index in [1.807, 2.05) is 42.5 Å². The average Bonchev–Trinajstić information content (AvgIpc) is 2.72. The van der Waals surface area contributed by atoms with Crippen LogP contribution in [0.4, 0.5) is 5.69 Å². The van der Waals surface area contributed by atoms with Crippen molar-refractivity contribution in [3.8, 4) is 11.5 Å². The third-order valence-corrected chi connectivity index (χ3v) is 3.85. The Balaban J connectivity index is 1.66. The van der Waals surface area contributed by atoms with Gasteiger partial charge in [0.1, 0.15) is 24.7 Å². The Bertz CT molecular complexity index is 889. The largest absolute Gasteiger partial charge is 0.490 e. The molecular weight excluding hydrogens is 338 g/mol. The number of carbonyl (C=O) groups excluding carboxylic acids is 1. The van der Waals surface area contributed by atoms with Gasteiger partial charge in [-0.2, -0.15) is 0 Å². The van der Waals surface area contributed by atoms with Gasteiger partial charge in [0.2, 0.25) is 0 Å². The molecule has 0 spiro atoms. The molecule has 0 saturated heterocycles. The Hall–Kier alpha value is -3.53. The number of nitrogens with one attached hydrogen (secondary N) is 1. The molecule has 3 aromatic carbocycles. The van der Waals surface area contributed by atoms with E-state index < -0.39 is 0 Å². The fourth-order valence-corrected chi connectivity index (χ4v) is 2.50. The van der Waals surface area contributed by atoms with Crippen molar-refractivity contribution < 1.29 is 14.3 Å². The topological polar surface area (TPSA) is 47.6 Å². The molecule has 0 aromatic heterocycles. The molecule has 4 nitrogen and oxygen atoms in total. The van der Waals surface area contributed by atoms with E-state index in [0.29, 0.717) is 30.2 Å². The molecule has 3 rings (SSSR count). The Morgan fingerprint density at radius 1 is 0.889 bits per heavy atom. The van der Waals surface area contributed by atoms with Gasteiger partial charge in [-0.1, -0.05) is 55.1 Å². The number of ether oxygens (including phenoxy) is 2. The van der Waals surface area contributed by atoms with Crippen LogP contribution in [0.3, 0.4) is 0 Å². The number of anilines is 1. The molecule has 0 heterocycles. The van der Waals surface area contributed by atoms with Crippen LogP contribution in [0.1, 0.15) is 15.9 Å². The van der Waals surface area contributed by atoms with Gasteiger partial charge in [0.25, 0.3) is 5.91 Å². The number of rotatable bonds is 8. The molecular formula is C23H21NO3. The maximum Gasteiger partial charge on any atom is 0.259 e. The van der Waals surface area contributed by atoms with Crippen molar-refractivity contribution in [2.75, 3.05) is 11.9 Å². The van der Waals surface area contributed by atoms with Crippen LogP contribution < -0.4 is 14.8 Å². The fraction of sp³-hybridized carbons (Fsp3) is 0.0870. The Kier molecular flexibility index (Phi) is 6.26. The van der Waals surface area contributed by atoms with Crippen molar-refractivity contribution in [2.45, 2.75) is 6.61 Å². The van der Waals surface area contributed by atoms with Gasteiger partial charge in [0.15, 0.2) is 0 Å². The van der Waals surface area contributed by atoms with Crippen LogP contribution in [-0.4, -0.2) is 12.5 Å². The van der Waals surface area contributed by atoms with Gasteiger partial charge < -0.3 is 14.8 Å². The first kappa shape index (κ1) is 18.3. The summed E-state index contributed by atoms with van der Waals surface area (Å²) in [5.74, 6) is 1.04. The van der Waals surface area contributed by atoms with E-state index in [9.17, 15) is 4.79 Å². The van der Waals surface area contributed by atoms with Crippen LogP contribution >= 0.6 is 0 Å². The Morgan fingerprint density at radius 3 is 2.33 bits per heavy atom. The van der Waals surface area contributed by atoms with Crippen molar-refractivity contribution in [2.24, 2.45) is 0 Å². The van der Waals surface area contributed by atoms with Crippen molar-refractivity contribution in [3.05, 3.63) is 103 Å². The molecule has 27 heavy (non-hydrogen) atoms. The number of carbonyl (C=O) groups is 1. The molecule has 0 saturated carbocycles. The zero-order chi connectivity index (χ0) is 18.9. The quantitative estimate of drug-likeness (QED) is 0.570. The van der Waals surface area contributed by atoms with Gasteiger partial charge in [0.05, 0.1) is 5.56 Å². The minimum absolute atomic E-state index is 0.224. The zero-order valence-corrected chi connectivity index (χ0v) is 14.9. The predicted octanol–water partition coefficient (Wildman–Crippen LogP) is 5.08. The summed E-state index contributed by atoms with van der Waals surface area (Å²) in [7, 11) is 0. The average molecular weight is 359 g/mol. The highest BCUT2D eigenvalue weighted by Crippen LogP contribution is 2.22. The summed E-state index contributed by atoms with van der Waals surface area (Å²) in [4.78, 5) is 12.7. The van der Waals surface area contributed by atoms with Gasteiger partial charge in [-0.3, -0.25) is 4.79 Å². The molecule has 0 bridgehead atoms. The lowest BCUT2D eigenvalue weighted by molar-refractivity contribution is 0.102. The highest BCUT2D eigenvalue weighted by atomic mass is 16.5. The summed E-state index contributed by atoms with van der Waals surface area (Å²) in [6, 6.07) is 24.2. The lowest BCUT2D eigenvalue weighted by Gasteiger charge is -2.12. The van der Waals surface area contributed by atoms with Crippen LogP contribution in [0.25, 0.3) is 0 Å². The van der Waals surface area contributed by atoms with Crippen LogP contribution in [0, 0.1) is 0 Å². The second-order valence-corrected chi connectivity index (χ2v) is 5.85. The standard InChI is InChI=1S/C23H21NO3/c1-2-16-26-20-14-12-19(13-15-20)24-23(25)21-10-6-7-11-22(21)27-17-18-8-4-3-5-9-18/h2-15H,1,16-17H2,(H,24,25). The number of amides is 1. The summed E-state index contributed by atoms with van der Waals surface area (Å²) in [6.07, 6.45) is 1.68. The molecule has 0 atom stereocenters. The number of para-hydroxylation sites is 1. The first-order valence-electron chi connectivity index (χ1n) is 8.67. The van der Waals surface area contributed by atoms with Gasteiger partial charge >= 0.3 is 0 Å². The molecule has 136 valence electrons. The number of benzene rings is 3. The smallest absolute Gasteiger partial charge is 0.259 e. The third kappa shape index (κ3) is 5.22. The third-order valence-electron chi connectivity index (χ3n) is 3.85. The molecule has 0 aliphatic rings. The van der Waals surface area contributed by atoms with E-state index in [1.165, 1.54) is 0 Å². The maximum atomic E-state index is 12.7. The van der Waals surface area contributed by atoms with Crippen LogP contribution in [-0.2, 0) is 6.61 Å². The van der Waals surface area contributed by atoms with E-state index in [2.05, 4.69) is 11.9 Å². The highest BCUT2D eigenvalue weighted by molar-refractivity contribution is 6.06. The second kappa shape index (κ2) is 9.25. The molecule has 1 amide bonds. The normalized spacial score (nSPS) is 10.1. The SMILES string of the molecule is C=CCOc1ccc(NC(=O)c2ccccc2OCc2ccccc2)cc1. The molecule has 0 aliphatic heterocycles. The van der Waals surface area contributed by atoms with Crippen LogP contribution in [0.2, 0.25) is 0 Å². The lowest BCUT2D eigenvalue weighted by atomic mass is 10.1.